The van der Waals surface area contributed by atoms with Crippen LogP contribution in [0.25, 0.3) is 10.8 Å². The van der Waals surface area contributed by atoms with Crippen LogP contribution in [0.4, 0.5) is 0 Å². The van der Waals surface area contributed by atoms with Gasteiger partial charge in [0.25, 0.3) is 0 Å². The molecule has 0 aliphatic heterocycles. The number of rotatable bonds is 1. The molecule has 0 atom stereocenters. The van der Waals surface area contributed by atoms with E-state index in [2.05, 4.69) is 18.2 Å². The summed E-state index contributed by atoms with van der Waals surface area (Å²) in [4.78, 5) is 10.9. The second-order valence-corrected chi connectivity index (χ2v) is 3.77. The van der Waals surface area contributed by atoms with Crippen molar-refractivity contribution in [3.8, 4) is 0 Å². The third-order valence-electron chi connectivity index (χ3n) is 3.05. The molecule has 0 unspecified atom stereocenters. The van der Waals surface area contributed by atoms with Crippen molar-refractivity contribution in [3.63, 3.8) is 0 Å². The molecule has 0 amide bonds. The van der Waals surface area contributed by atoms with Gasteiger partial charge in [0.15, 0.2) is 0 Å². The summed E-state index contributed by atoms with van der Waals surface area (Å²) in [7, 11) is 0. The van der Waals surface area contributed by atoms with Gasteiger partial charge in [-0.25, -0.2) is 0 Å². The maximum Gasteiger partial charge on any atom is 0.150 e. The minimum absolute atomic E-state index is 0. The lowest BCUT2D eigenvalue weighted by molar-refractivity contribution is 0.112. The molecule has 1 aliphatic rings. The first kappa shape index (κ1) is 13.0. The van der Waals surface area contributed by atoms with Crippen LogP contribution in [0.15, 0.2) is 30.3 Å². The molecule has 0 heterocycles. The lowest BCUT2D eigenvalue weighted by Crippen LogP contribution is -1.88. The van der Waals surface area contributed by atoms with Gasteiger partial charge in [-0.2, -0.15) is 0 Å². The topological polar surface area (TPSA) is 17.1 Å². The zero-order chi connectivity index (χ0) is 9.54. The smallest absolute Gasteiger partial charge is 0.150 e. The van der Waals surface area contributed by atoms with E-state index in [1.165, 1.54) is 21.9 Å². The Labute approximate surface area is 107 Å². The van der Waals surface area contributed by atoms with Gasteiger partial charge in [-0.1, -0.05) is 30.3 Å². The summed E-state index contributed by atoms with van der Waals surface area (Å²) >= 11 is 0. The molecule has 2 aromatic carbocycles. The normalized spacial score (nSPS) is 11.8. The van der Waals surface area contributed by atoms with Crippen LogP contribution in [-0.2, 0) is 12.8 Å². The Balaban J connectivity index is 0.000000640. The molecule has 0 fully saturated rings. The molecule has 0 N–H and O–H groups in total. The Morgan fingerprint density at radius 1 is 1.00 bits per heavy atom. The van der Waals surface area contributed by atoms with E-state index in [9.17, 15) is 4.79 Å². The van der Waals surface area contributed by atoms with Gasteiger partial charge < -0.3 is 0 Å². The quantitative estimate of drug-likeness (QED) is 0.711. The monoisotopic (exact) mass is 254 g/mol. The molecule has 3 heteroatoms. The zero-order valence-electron chi connectivity index (χ0n) is 8.60. The molecular weight excluding hydrogens is 243 g/mol. The summed E-state index contributed by atoms with van der Waals surface area (Å²) in [5.74, 6) is 0. The van der Waals surface area contributed by atoms with E-state index in [4.69, 9.17) is 0 Å². The Bertz CT molecular complexity index is 535. The van der Waals surface area contributed by atoms with E-state index in [1.54, 1.807) is 0 Å². The van der Waals surface area contributed by atoms with Crippen LogP contribution in [-0.4, -0.2) is 6.29 Å². The van der Waals surface area contributed by atoms with Crippen molar-refractivity contribution in [2.45, 2.75) is 12.8 Å². The van der Waals surface area contributed by atoms with Crippen LogP contribution in [0.2, 0.25) is 0 Å². The maximum atomic E-state index is 10.9. The molecule has 0 spiro atoms. The Hall–Kier alpha value is -1.05. The van der Waals surface area contributed by atoms with Gasteiger partial charge in [-0.3, -0.25) is 4.79 Å². The van der Waals surface area contributed by atoms with Crippen LogP contribution < -0.4 is 0 Å². The molecule has 16 heavy (non-hydrogen) atoms. The van der Waals surface area contributed by atoms with Gasteiger partial charge in [0, 0.05) is 5.56 Å². The molecule has 0 saturated heterocycles. The van der Waals surface area contributed by atoms with E-state index in [0.29, 0.717) is 0 Å². The molecule has 3 rings (SSSR count). The van der Waals surface area contributed by atoms with E-state index in [-0.39, 0.29) is 24.8 Å². The molecule has 1 nitrogen and oxygen atoms in total. The fourth-order valence-electron chi connectivity index (χ4n) is 2.40. The van der Waals surface area contributed by atoms with E-state index < -0.39 is 0 Å². The fourth-order valence-corrected chi connectivity index (χ4v) is 2.40. The van der Waals surface area contributed by atoms with Crippen molar-refractivity contribution in [1.29, 1.82) is 0 Å². The maximum absolute atomic E-state index is 10.9. The largest absolute Gasteiger partial charge is 0.298 e. The van der Waals surface area contributed by atoms with Crippen molar-refractivity contribution in [3.05, 3.63) is 47.0 Å². The van der Waals surface area contributed by atoms with Gasteiger partial charge >= 0.3 is 0 Å². The second kappa shape index (κ2) is 4.86. The summed E-state index contributed by atoms with van der Waals surface area (Å²) in [5.41, 5.74) is 3.50. The zero-order valence-corrected chi connectivity index (χ0v) is 10.2. The third-order valence-corrected chi connectivity index (χ3v) is 3.05. The number of benzene rings is 2. The molecule has 0 aromatic heterocycles. The van der Waals surface area contributed by atoms with Crippen LogP contribution in [0, 0.1) is 0 Å². The standard InChI is InChI=1S/C13H10O.2ClH/c14-8-11-5-4-9-2-1-3-10-6-7-12(11)13(9)10;;/h1-5,8H,6-7H2;2*1H. The van der Waals surface area contributed by atoms with Gasteiger partial charge in [-0.15, -0.1) is 24.8 Å². The summed E-state index contributed by atoms with van der Waals surface area (Å²) < 4.78 is 0. The average molecular weight is 255 g/mol. The van der Waals surface area contributed by atoms with Crippen LogP contribution in [0.5, 0.6) is 0 Å². The third kappa shape index (κ3) is 1.70. The van der Waals surface area contributed by atoms with Crippen molar-refractivity contribution < 1.29 is 4.79 Å². The highest BCUT2D eigenvalue weighted by Crippen LogP contribution is 2.32. The number of aryl methyl sites for hydroxylation is 2. The molecule has 0 saturated carbocycles. The molecule has 84 valence electrons. The summed E-state index contributed by atoms with van der Waals surface area (Å²) in [6, 6.07) is 10.3. The molecule has 1 aliphatic carbocycles. The van der Waals surface area contributed by atoms with E-state index in [1.807, 2.05) is 12.1 Å². The lowest BCUT2D eigenvalue weighted by Gasteiger charge is -2.03. The summed E-state index contributed by atoms with van der Waals surface area (Å²) in [6.07, 6.45) is 3.07. The van der Waals surface area contributed by atoms with Crippen LogP contribution >= 0.6 is 24.8 Å². The first-order chi connectivity index (χ1) is 6.90. The van der Waals surface area contributed by atoms with Crippen molar-refractivity contribution in [1.82, 2.24) is 0 Å². The average Bonchev–Trinajstić information content (AvgIpc) is 2.66. The lowest BCUT2D eigenvalue weighted by atomic mass is 10.0. The second-order valence-electron chi connectivity index (χ2n) is 3.77. The number of hydrogen-bond donors (Lipinski definition) is 0. The fraction of sp³-hybridized carbons (Fsp3) is 0.154. The number of hydrogen-bond acceptors (Lipinski definition) is 1. The predicted molar refractivity (Wildman–Crippen MR) is 71.2 cm³/mol. The molecule has 0 bridgehead atoms. The highest BCUT2D eigenvalue weighted by molar-refractivity contribution is 5.96. The highest BCUT2D eigenvalue weighted by Gasteiger charge is 2.16. The van der Waals surface area contributed by atoms with Gasteiger partial charge in [0.2, 0.25) is 0 Å². The molecule has 2 aromatic rings. The summed E-state index contributed by atoms with van der Waals surface area (Å²) in [6.45, 7) is 0. The van der Waals surface area contributed by atoms with Gasteiger partial charge in [0.05, 0.1) is 0 Å². The Kier molecular flexibility index (Phi) is 3.95. The Morgan fingerprint density at radius 3 is 2.56 bits per heavy atom. The van der Waals surface area contributed by atoms with Crippen molar-refractivity contribution in [2.24, 2.45) is 0 Å². The summed E-state index contributed by atoms with van der Waals surface area (Å²) in [5, 5.41) is 2.58. The minimum atomic E-state index is 0. The molecular formula is C13H12Cl2O. The van der Waals surface area contributed by atoms with Crippen molar-refractivity contribution in [2.75, 3.05) is 0 Å². The van der Waals surface area contributed by atoms with Crippen LogP contribution in [0.1, 0.15) is 21.5 Å². The first-order valence-corrected chi connectivity index (χ1v) is 4.89. The molecule has 0 radical (unpaired) electrons. The Morgan fingerprint density at radius 2 is 1.81 bits per heavy atom. The number of aldehydes is 1. The number of carbonyl (C=O) groups excluding carboxylic acids is 1. The van der Waals surface area contributed by atoms with E-state index in [0.717, 1.165) is 24.7 Å². The number of halogens is 2. The predicted octanol–water partition coefficient (Wildman–Crippen LogP) is 3.59. The van der Waals surface area contributed by atoms with Crippen molar-refractivity contribution >= 4 is 41.9 Å². The van der Waals surface area contributed by atoms with Gasteiger partial charge in [-0.05, 0) is 34.7 Å². The first-order valence-electron chi connectivity index (χ1n) is 4.89. The minimum Gasteiger partial charge on any atom is -0.298 e. The van der Waals surface area contributed by atoms with E-state index >= 15 is 0 Å². The van der Waals surface area contributed by atoms with Crippen LogP contribution in [0.3, 0.4) is 0 Å². The highest BCUT2D eigenvalue weighted by atomic mass is 35.5. The SMILES string of the molecule is Cl.Cl.O=Cc1ccc2cccc3c2c1CC3. The van der Waals surface area contributed by atoms with Gasteiger partial charge in [0.1, 0.15) is 6.29 Å². The number of carbonyl (C=O) groups is 1.